The van der Waals surface area contributed by atoms with E-state index in [2.05, 4.69) is 4.98 Å². The fraction of sp³-hybridized carbons (Fsp3) is 0.357. The molecule has 0 atom stereocenters. The Morgan fingerprint density at radius 3 is 2.56 bits per heavy atom. The molecule has 1 saturated carbocycles. The standard InChI is InChI=1S/C14H14FNOS/c15-11-4-2-10(3-5-11)13-16-12(8-18-13)14(9-17)6-1-7-14/h2-5,8,17H,1,6-7,9H2. The highest BCUT2D eigenvalue weighted by Crippen LogP contribution is 2.44. The number of aliphatic hydroxyl groups excluding tert-OH is 1. The summed E-state index contributed by atoms with van der Waals surface area (Å²) in [6, 6.07) is 6.37. The van der Waals surface area contributed by atoms with Gasteiger partial charge in [0.05, 0.1) is 12.3 Å². The lowest BCUT2D eigenvalue weighted by Crippen LogP contribution is -2.38. The highest BCUT2D eigenvalue weighted by molar-refractivity contribution is 7.13. The molecule has 0 radical (unpaired) electrons. The van der Waals surface area contributed by atoms with Gasteiger partial charge >= 0.3 is 0 Å². The van der Waals surface area contributed by atoms with Gasteiger partial charge in [0.25, 0.3) is 0 Å². The first-order chi connectivity index (χ1) is 8.73. The van der Waals surface area contributed by atoms with Crippen LogP contribution in [-0.2, 0) is 5.41 Å². The monoisotopic (exact) mass is 263 g/mol. The van der Waals surface area contributed by atoms with Crippen LogP contribution >= 0.6 is 11.3 Å². The summed E-state index contributed by atoms with van der Waals surface area (Å²) in [4.78, 5) is 4.61. The molecule has 0 saturated heterocycles. The van der Waals surface area contributed by atoms with E-state index in [4.69, 9.17) is 0 Å². The van der Waals surface area contributed by atoms with Gasteiger partial charge in [0.1, 0.15) is 10.8 Å². The molecular formula is C14H14FNOS. The van der Waals surface area contributed by atoms with Crippen LogP contribution < -0.4 is 0 Å². The molecule has 0 unspecified atom stereocenters. The van der Waals surface area contributed by atoms with Gasteiger partial charge in [-0.1, -0.05) is 6.42 Å². The Kier molecular flexibility index (Phi) is 2.92. The van der Waals surface area contributed by atoms with Gasteiger partial charge in [0.15, 0.2) is 0 Å². The van der Waals surface area contributed by atoms with E-state index < -0.39 is 0 Å². The molecule has 0 bridgehead atoms. The van der Waals surface area contributed by atoms with Crippen LogP contribution in [0, 0.1) is 5.82 Å². The van der Waals surface area contributed by atoms with Crippen molar-refractivity contribution in [2.45, 2.75) is 24.7 Å². The molecule has 1 N–H and O–H groups in total. The molecule has 1 aliphatic carbocycles. The van der Waals surface area contributed by atoms with Crippen molar-refractivity contribution in [1.29, 1.82) is 0 Å². The lowest BCUT2D eigenvalue weighted by molar-refractivity contribution is 0.117. The molecule has 2 aromatic rings. The number of thiazole rings is 1. The van der Waals surface area contributed by atoms with Crippen LogP contribution in [0.25, 0.3) is 10.6 Å². The number of hydrogen-bond donors (Lipinski definition) is 1. The van der Waals surface area contributed by atoms with Crippen molar-refractivity contribution in [1.82, 2.24) is 4.98 Å². The van der Waals surface area contributed by atoms with Gasteiger partial charge in [-0.05, 0) is 37.1 Å². The average Bonchev–Trinajstić information content (AvgIpc) is 2.79. The van der Waals surface area contributed by atoms with Gasteiger partial charge in [-0.15, -0.1) is 11.3 Å². The van der Waals surface area contributed by atoms with Gasteiger partial charge in [-0.3, -0.25) is 0 Å². The van der Waals surface area contributed by atoms with Crippen molar-refractivity contribution in [3.05, 3.63) is 41.2 Å². The molecule has 18 heavy (non-hydrogen) atoms. The van der Waals surface area contributed by atoms with E-state index in [0.717, 1.165) is 35.5 Å². The molecule has 1 fully saturated rings. The summed E-state index contributed by atoms with van der Waals surface area (Å²) in [6.07, 6.45) is 3.18. The number of hydrogen-bond acceptors (Lipinski definition) is 3. The van der Waals surface area contributed by atoms with Gasteiger partial charge in [-0.2, -0.15) is 0 Å². The zero-order valence-corrected chi connectivity index (χ0v) is 10.7. The minimum Gasteiger partial charge on any atom is -0.395 e. The van der Waals surface area contributed by atoms with Crippen LogP contribution in [0.2, 0.25) is 0 Å². The SMILES string of the molecule is OCC1(c2csc(-c3ccc(F)cc3)n2)CCC1. The molecule has 1 heterocycles. The molecule has 0 amide bonds. The summed E-state index contributed by atoms with van der Waals surface area (Å²) in [7, 11) is 0. The second-order valence-corrected chi connectivity index (χ2v) is 5.69. The largest absolute Gasteiger partial charge is 0.395 e. The maximum Gasteiger partial charge on any atom is 0.123 e. The van der Waals surface area contributed by atoms with Crippen LogP contribution in [0.4, 0.5) is 4.39 Å². The second-order valence-electron chi connectivity index (χ2n) is 4.84. The fourth-order valence-electron chi connectivity index (χ4n) is 2.34. The predicted molar refractivity (Wildman–Crippen MR) is 70.1 cm³/mol. The smallest absolute Gasteiger partial charge is 0.123 e. The highest BCUT2D eigenvalue weighted by atomic mass is 32.1. The summed E-state index contributed by atoms with van der Waals surface area (Å²) in [5.41, 5.74) is 1.80. The van der Waals surface area contributed by atoms with Crippen LogP contribution in [0.5, 0.6) is 0 Å². The molecule has 1 aromatic heterocycles. The predicted octanol–water partition coefficient (Wildman–Crippen LogP) is 3.36. The first kappa shape index (κ1) is 11.8. The quantitative estimate of drug-likeness (QED) is 0.921. The van der Waals surface area contributed by atoms with Crippen molar-refractivity contribution in [3.63, 3.8) is 0 Å². The third-order valence-electron chi connectivity index (χ3n) is 3.75. The van der Waals surface area contributed by atoms with E-state index in [-0.39, 0.29) is 17.8 Å². The highest BCUT2D eigenvalue weighted by Gasteiger charge is 2.40. The topological polar surface area (TPSA) is 33.1 Å². The van der Waals surface area contributed by atoms with Gasteiger partial charge in [0, 0.05) is 16.4 Å². The number of aromatic nitrogens is 1. The zero-order valence-electron chi connectivity index (χ0n) is 9.90. The van der Waals surface area contributed by atoms with E-state index >= 15 is 0 Å². The Balaban J connectivity index is 1.91. The third-order valence-corrected chi connectivity index (χ3v) is 4.64. The lowest BCUT2D eigenvalue weighted by Gasteiger charge is -2.38. The Labute approximate surface area is 109 Å². The number of halogens is 1. The lowest BCUT2D eigenvalue weighted by atomic mass is 9.67. The van der Waals surface area contributed by atoms with Crippen LogP contribution in [0.3, 0.4) is 0 Å². The first-order valence-corrected chi connectivity index (χ1v) is 6.94. The van der Waals surface area contributed by atoms with E-state index in [1.807, 2.05) is 5.38 Å². The van der Waals surface area contributed by atoms with E-state index in [1.54, 1.807) is 23.5 Å². The summed E-state index contributed by atoms with van der Waals surface area (Å²) in [5, 5.41) is 12.4. The molecule has 1 aromatic carbocycles. The van der Waals surface area contributed by atoms with Crippen LogP contribution in [-0.4, -0.2) is 16.7 Å². The first-order valence-electron chi connectivity index (χ1n) is 6.06. The maximum absolute atomic E-state index is 12.9. The Morgan fingerprint density at radius 1 is 1.28 bits per heavy atom. The van der Waals surface area contributed by atoms with Crippen LogP contribution in [0.15, 0.2) is 29.6 Å². The minimum absolute atomic E-state index is 0.116. The fourth-order valence-corrected chi connectivity index (χ4v) is 3.29. The summed E-state index contributed by atoms with van der Waals surface area (Å²) < 4.78 is 12.9. The maximum atomic E-state index is 12.9. The Morgan fingerprint density at radius 2 is 2.00 bits per heavy atom. The number of aliphatic hydroxyl groups is 1. The van der Waals surface area contributed by atoms with E-state index in [1.165, 1.54) is 12.1 Å². The normalized spacial score (nSPS) is 17.4. The minimum atomic E-state index is -0.235. The average molecular weight is 263 g/mol. The van der Waals surface area contributed by atoms with Gasteiger partial charge < -0.3 is 5.11 Å². The number of rotatable bonds is 3. The molecule has 94 valence electrons. The van der Waals surface area contributed by atoms with Crippen LogP contribution in [0.1, 0.15) is 25.0 Å². The third kappa shape index (κ3) is 1.85. The summed E-state index contributed by atoms with van der Waals surface area (Å²) >= 11 is 1.56. The molecule has 1 aliphatic rings. The molecule has 2 nitrogen and oxygen atoms in total. The Hall–Kier alpha value is -1.26. The van der Waals surface area contributed by atoms with Crippen molar-refractivity contribution in [2.75, 3.05) is 6.61 Å². The Bertz CT molecular complexity index is 540. The summed E-state index contributed by atoms with van der Waals surface area (Å²) in [6.45, 7) is 0.166. The number of benzene rings is 1. The molecule has 0 spiro atoms. The van der Waals surface area contributed by atoms with Gasteiger partial charge in [0.2, 0.25) is 0 Å². The molecule has 3 rings (SSSR count). The van der Waals surface area contributed by atoms with Crippen molar-refractivity contribution >= 4 is 11.3 Å². The zero-order chi connectivity index (χ0) is 12.6. The number of nitrogens with zero attached hydrogens (tertiary/aromatic N) is 1. The van der Waals surface area contributed by atoms with Crippen molar-refractivity contribution in [2.24, 2.45) is 0 Å². The molecule has 4 heteroatoms. The summed E-state index contributed by atoms with van der Waals surface area (Å²) in [5.74, 6) is -0.235. The molecule has 0 aliphatic heterocycles. The van der Waals surface area contributed by atoms with Crippen molar-refractivity contribution < 1.29 is 9.50 Å². The van der Waals surface area contributed by atoms with Crippen molar-refractivity contribution in [3.8, 4) is 10.6 Å². The van der Waals surface area contributed by atoms with Gasteiger partial charge in [-0.25, -0.2) is 9.37 Å². The second kappa shape index (κ2) is 4.44. The van der Waals surface area contributed by atoms with E-state index in [9.17, 15) is 9.50 Å². The van der Waals surface area contributed by atoms with E-state index in [0.29, 0.717) is 0 Å². The molecular weight excluding hydrogens is 249 g/mol.